The van der Waals surface area contributed by atoms with Gasteiger partial charge in [0.05, 0.1) is 23.6 Å². The standard InChI is InChI=1S/C14H19N5O/c1-10-7-12(8-11(2)20-10)16-13-5-3-4-6-14(13)19-9-15-17-18-19/h3-6,9-12,16H,7-8H2,1-2H3. The number of para-hydroxylation sites is 2. The van der Waals surface area contributed by atoms with Crippen LogP contribution in [0.2, 0.25) is 0 Å². The summed E-state index contributed by atoms with van der Waals surface area (Å²) in [5, 5.41) is 15.0. The molecule has 1 saturated heterocycles. The molecule has 0 aliphatic carbocycles. The lowest BCUT2D eigenvalue weighted by atomic mass is 9.99. The Morgan fingerprint density at radius 3 is 2.65 bits per heavy atom. The molecule has 0 bridgehead atoms. The van der Waals surface area contributed by atoms with Gasteiger partial charge in [0.25, 0.3) is 0 Å². The van der Waals surface area contributed by atoms with Gasteiger partial charge in [-0.2, -0.15) is 4.68 Å². The molecule has 6 nitrogen and oxygen atoms in total. The van der Waals surface area contributed by atoms with Crippen LogP contribution in [0, 0.1) is 0 Å². The molecule has 20 heavy (non-hydrogen) atoms. The topological polar surface area (TPSA) is 64.9 Å². The van der Waals surface area contributed by atoms with E-state index in [4.69, 9.17) is 4.74 Å². The van der Waals surface area contributed by atoms with Crippen molar-refractivity contribution in [2.75, 3.05) is 5.32 Å². The molecule has 3 rings (SSSR count). The van der Waals surface area contributed by atoms with Crippen molar-refractivity contribution in [3.63, 3.8) is 0 Å². The zero-order valence-corrected chi connectivity index (χ0v) is 11.7. The van der Waals surface area contributed by atoms with E-state index in [-0.39, 0.29) is 12.2 Å². The molecule has 1 fully saturated rings. The third-order valence-electron chi connectivity index (χ3n) is 3.56. The summed E-state index contributed by atoms with van der Waals surface area (Å²) in [7, 11) is 0. The van der Waals surface area contributed by atoms with Crippen LogP contribution in [0.1, 0.15) is 26.7 Å². The van der Waals surface area contributed by atoms with E-state index < -0.39 is 0 Å². The van der Waals surface area contributed by atoms with E-state index in [1.807, 2.05) is 18.2 Å². The quantitative estimate of drug-likeness (QED) is 0.927. The molecule has 1 aromatic carbocycles. The Labute approximate surface area is 118 Å². The van der Waals surface area contributed by atoms with Crippen LogP contribution in [0.5, 0.6) is 0 Å². The minimum Gasteiger partial charge on any atom is -0.380 e. The van der Waals surface area contributed by atoms with Crippen molar-refractivity contribution < 1.29 is 4.74 Å². The average Bonchev–Trinajstić information content (AvgIpc) is 2.92. The number of benzene rings is 1. The lowest BCUT2D eigenvalue weighted by Gasteiger charge is -2.33. The number of aromatic nitrogens is 4. The maximum Gasteiger partial charge on any atom is 0.143 e. The highest BCUT2D eigenvalue weighted by molar-refractivity contribution is 5.60. The Bertz CT molecular complexity index is 546. The molecule has 1 aliphatic rings. The van der Waals surface area contributed by atoms with Crippen LogP contribution in [0.25, 0.3) is 5.69 Å². The molecule has 2 aromatic rings. The largest absolute Gasteiger partial charge is 0.380 e. The van der Waals surface area contributed by atoms with Gasteiger partial charge in [-0.25, -0.2) is 0 Å². The first-order valence-electron chi connectivity index (χ1n) is 6.97. The molecule has 2 atom stereocenters. The predicted molar refractivity (Wildman–Crippen MR) is 75.8 cm³/mol. The second-order valence-electron chi connectivity index (χ2n) is 5.34. The molecule has 1 N–H and O–H groups in total. The Kier molecular flexibility index (Phi) is 3.64. The third-order valence-corrected chi connectivity index (χ3v) is 3.56. The number of tetrazole rings is 1. The SMILES string of the molecule is CC1CC(Nc2ccccc2-n2cnnn2)CC(C)O1. The van der Waals surface area contributed by atoms with Crippen molar-refractivity contribution in [2.45, 2.75) is 44.9 Å². The predicted octanol–water partition coefficient (Wildman–Crippen LogP) is 2.03. The number of ether oxygens (including phenoxy) is 1. The summed E-state index contributed by atoms with van der Waals surface area (Å²) in [6, 6.07) is 8.47. The van der Waals surface area contributed by atoms with Crippen LogP contribution in [0.15, 0.2) is 30.6 Å². The maximum absolute atomic E-state index is 5.78. The lowest BCUT2D eigenvalue weighted by Crippen LogP contribution is -2.37. The highest BCUT2D eigenvalue weighted by Crippen LogP contribution is 2.25. The third kappa shape index (κ3) is 2.80. The summed E-state index contributed by atoms with van der Waals surface area (Å²) in [5.41, 5.74) is 2.01. The summed E-state index contributed by atoms with van der Waals surface area (Å²) in [5.74, 6) is 0. The van der Waals surface area contributed by atoms with Crippen LogP contribution in [-0.2, 0) is 4.74 Å². The van der Waals surface area contributed by atoms with Gasteiger partial charge in [-0.05, 0) is 49.2 Å². The fourth-order valence-electron chi connectivity index (χ4n) is 2.81. The summed E-state index contributed by atoms with van der Waals surface area (Å²) in [6.07, 6.45) is 4.20. The second-order valence-corrected chi connectivity index (χ2v) is 5.34. The van der Waals surface area contributed by atoms with Crippen molar-refractivity contribution in [1.82, 2.24) is 20.2 Å². The molecule has 2 heterocycles. The van der Waals surface area contributed by atoms with Crippen LogP contribution in [0.4, 0.5) is 5.69 Å². The molecular formula is C14H19N5O. The monoisotopic (exact) mass is 273 g/mol. The Morgan fingerprint density at radius 1 is 1.20 bits per heavy atom. The maximum atomic E-state index is 5.78. The van der Waals surface area contributed by atoms with Crippen molar-refractivity contribution >= 4 is 5.69 Å². The van der Waals surface area contributed by atoms with Gasteiger partial charge in [0.15, 0.2) is 0 Å². The Morgan fingerprint density at radius 2 is 1.95 bits per heavy atom. The summed E-state index contributed by atoms with van der Waals surface area (Å²) in [6.45, 7) is 4.25. The van der Waals surface area contributed by atoms with E-state index in [1.165, 1.54) is 0 Å². The van der Waals surface area contributed by atoms with E-state index in [0.29, 0.717) is 6.04 Å². The summed E-state index contributed by atoms with van der Waals surface area (Å²) in [4.78, 5) is 0. The van der Waals surface area contributed by atoms with E-state index >= 15 is 0 Å². The van der Waals surface area contributed by atoms with Gasteiger partial charge < -0.3 is 10.1 Å². The minimum absolute atomic E-state index is 0.288. The highest BCUT2D eigenvalue weighted by Gasteiger charge is 2.24. The smallest absolute Gasteiger partial charge is 0.143 e. The van der Waals surface area contributed by atoms with Gasteiger partial charge >= 0.3 is 0 Å². The van der Waals surface area contributed by atoms with Gasteiger partial charge in [-0.3, -0.25) is 0 Å². The minimum atomic E-state index is 0.288. The first-order chi connectivity index (χ1) is 9.72. The number of nitrogens with one attached hydrogen (secondary N) is 1. The molecule has 1 aliphatic heterocycles. The van der Waals surface area contributed by atoms with Gasteiger partial charge in [0, 0.05) is 6.04 Å². The fourth-order valence-corrected chi connectivity index (χ4v) is 2.81. The van der Waals surface area contributed by atoms with Crippen molar-refractivity contribution in [3.05, 3.63) is 30.6 Å². The number of hydrogen-bond acceptors (Lipinski definition) is 5. The van der Waals surface area contributed by atoms with Gasteiger partial charge in [-0.1, -0.05) is 12.1 Å². The first-order valence-corrected chi connectivity index (χ1v) is 6.97. The van der Waals surface area contributed by atoms with Crippen molar-refractivity contribution in [1.29, 1.82) is 0 Å². The number of nitrogens with zero attached hydrogens (tertiary/aromatic N) is 4. The molecule has 0 spiro atoms. The normalized spacial score (nSPS) is 26.4. The Balaban J connectivity index is 1.81. The molecule has 1 aromatic heterocycles. The molecule has 6 heteroatoms. The number of hydrogen-bond donors (Lipinski definition) is 1. The Hall–Kier alpha value is -1.95. The number of anilines is 1. The molecule has 2 unspecified atom stereocenters. The van der Waals surface area contributed by atoms with Crippen LogP contribution < -0.4 is 5.32 Å². The first kappa shape index (κ1) is 13.1. The van der Waals surface area contributed by atoms with E-state index in [2.05, 4.69) is 40.8 Å². The van der Waals surface area contributed by atoms with Crippen molar-refractivity contribution in [2.24, 2.45) is 0 Å². The number of rotatable bonds is 3. The molecular weight excluding hydrogens is 254 g/mol. The van der Waals surface area contributed by atoms with Crippen LogP contribution in [0.3, 0.4) is 0 Å². The lowest BCUT2D eigenvalue weighted by molar-refractivity contribution is -0.0337. The second kappa shape index (κ2) is 5.58. The van der Waals surface area contributed by atoms with Gasteiger partial charge in [0.1, 0.15) is 6.33 Å². The molecule has 0 saturated carbocycles. The summed E-state index contributed by atoms with van der Waals surface area (Å²) >= 11 is 0. The zero-order chi connectivity index (χ0) is 13.9. The molecule has 0 radical (unpaired) electrons. The molecule has 0 amide bonds. The zero-order valence-electron chi connectivity index (χ0n) is 11.7. The van der Waals surface area contributed by atoms with Crippen LogP contribution >= 0.6 is 0 Å². The van der Waals surface area contributed by atoms with Gasteiger partial charge in [0.2, 0.25) is 0 Å². The molecule has 106 valence electrons. The van der Waals surface area contributed by atoms with E-state index in [9.17, 15) is 0 Å². The highest BCUT2D eigenvalue weighted by atomic mass is 16.5. The van der Waals surface area contributed by atoms with E-state index in [1.54, 1.807) is 11.0 Å². The summed E-state index contributed by atoms with van der Waals surface area (Å²) < 4.78 is 7.45. The van der Waals surface area contributed by atoms with Crippen molar-refractivity contribution in [3.8, 4) is 5.69 Å². The fraction of sp³-hybridized carbons (Fsp3) is 0.500. The van der Waals surface area contributed by atoms with Crippen LogP contribution in [-0.4, -0.2) is 38.5 Å². The van der Waals surface area contributed by atoms with E-state index in [0.717, 1.165) is 24.2 Å². The van der Waals surface area contributed by atoms with Gasteiger partial charge in [-0.15, -0.1) is 5.10 Å². The average molecular weight is 273 g/mol.